The first-order valence-electron chi connectivity index (χ1n) is 5.75. The van der Waals surface area contributed by atoms with Crippen LogP contribution in [0.1, 0.15) is 37.0 Å². The fourth-order valence-corrected chi connectivity index (χ4v) is 2.07. The van der Waals surface area contributed by atoms with Crippen LogP contribution < -0.4 is 4.74 Å². The maximum Gasteiger partial charge on any atom is 0.122 e. The molecule has 2 rings (SSSR count). The first kappa shape index (κ1) is 11.2. The fraction of sp³-hybridized carbons (Fsp3) is 0.429. The lowest BCUT2D eigenvalue weighted by atomic mass is 10.1. The number of hydrogen-bond acceptors (Lipinski definition) is 2. The fourth-order valence-electron chi connectivity index (χ4n) is 2.07. The van der Waals surface area contributed by atoms with Crippen LogP contribution in [-0.4, -0.2) is 11.7 Å². The normalized spacial score (nSPS) is 18.2. The average molecular weight is 218 g/mol. The summed E-state index contributed by atoms with van der Waals surface area (Å²) in [5.41, 5.74) is 3.34. The average Bonchev–Trinajstić information content (AvgIpc) is 2.61. The zero-order valence-electron chi connectivity index (χ0n) is 9.70. The lowest BCUT2D eigenvalue weighted by molar-refractivity contribution is 0.180. The van der Waals surface area contributed by atoms with E-state index in [9.17, 15) is 5.11 Å². The van der Waals surface area contributed by atoms with Crippen molar-refractivity contribution in [1.29, 1.82) is 0 Å². The molecule has 2 nitrogen and oxygen atoms in total. The van der Waals surface area contributed by atoms with Crippen molar-refractivity contribution in [1.82, 2.24) is 0 Å². The first-order valence-corrected chi connectivity index (χ1v) is 5.75. The van der Waals surface area contributed by atoms with Gasteiger partial charge < -0.3 is 9.84 Å². The van der Waals surface area contributed by atoms with E-state index in [0.29, 0.717) is 6.61 Å². The van der Waals surface area contributed by atoms with Gasteiger partial charge in [0, 0.05) is 12.0 Å². The number of benzene rings is 1. The molecule has 1 aromatic rings. The van der Waals surface area contributed by atoms with Crippen LogP contribution in [0.2, 0.25) is 0 Å². The summed E-state index contributed by atoms with van der Waals surface area (Å²) in [6, 6.07) is 5.91. The Bertz CT molecular complexity index is 396. The molecule has 1 aliphatic carbocycles. The van der Waals surface area contributed by atoms with Crippen molar-refractivity contribution in [3.63, 3.8) is 0 Å². The van der Waals surface area contributed by atoms with Crippen LogP contribution in [-0.2, 0) is 6.42 Å². The standard InChI is InChI=1S/C14H18O2/c1-10(2)8-9-16-14-5-3-4-11-12(14)6-7-13(11)15/h3-5,13,15H,1,6-9H2,2H3. The summed E-state index contributed by atoms with van der Waals surface area (Å²) in [5, 5.41) is 9.75. The van der Waals surface area contributed by atoms with Gasteiger partial charge in [-0.15, -0.1) is 6.58 Å². The lowest BCUT2D eigenvalue weighted by Crippen LogP contribution is -2.00. The van der Waals surface area contributed by atoms with E-state index in [4.69, 9.17) is 4.74 Å². The van der Waals surface area contributed by atoms with E-state index in [0.717, 1.165) is 36.1 Å². The molecular weight excluding hydrogens is 200 g/mol. The van der Waals surface area contributed by atoms with E-state index in [2.05, 4.69) is 6.58 Å². The lowest BCUT2D eigenvalue weighted by Gasteiger charge is -2.11. The molecule has 0 radical (unpaired) electrons. The molecule has 1 aromatic carbocycles. The smallest absolute Gasteiger partial charge is 0.122 e. The number of aliphatic hydroxyl groups excluding tert-OH is 1. The maximum atomic E-state index is 9.75. The number of hydrogen-bond donors (Lipinski definition) is 1. The maximum absolute atomic E-state index is 9.75. The third kappa shape index (κ3) is 2.27. The summed E-state index contributed by atoms with van der Waals surface area (Å²) in [6.45, 7) is 6.52. The SMILES string of the molecule is C=C(C)CCOc1cccc2c1CCC2O. The molecule has 0 aromatic heterocycles. The molecule has 0 heterocycles. The van der Waals surface area contributed by atoms with Crippen LogP contribution >= 0.6 is 0 Å². The second-order valence-corrected chi connectivity index (χ2v) is 4.43. The molecule has 0 aliphatic heterocycles. The highest BCUT2D eigenvalue weighted by atomic mass is 16.5. The van der Waals surface area contributed by atoms with Crippen LogP contribution in [0.15, 0.2) is 30.4 Å². The Kier molecular flexibility index (Phi) is 3.30. The quantitative estimate of drug-likeness (QED) is 0.787. The van der Waals surface area contributed by atoms with E-state index in [1.807, 2.05) is 25.1 Å². The highest BCUT2D eigenvalue weighted by molar-refractivity contribution is 5.44. The number of aliphatic hydroxyl groups is 1. The summed E-state index contributed by atoms with van der Waals surface area (Å²) in [5.74, 6) is 0.926. The van der Waals surface area contributed by atoms with Crippen LogP contribution in [0.3, 0.4) is 0 Å². The van der Waals surface area contributed by atoms with Crippen molar-refractivity contribution in [2.45, 2.75) is 32.3 Å². The van der Waals surface area contributed by atoms with Gasteiger partial charge in [0.15, 0.2) is 0 Å². The Morgan fingerprint density at radius 3 is 3.12 bits per heavy atom. The monoisotopic (exact) mass is 218 g/mol. The van der Waals surface area contributed by atoms with Crippen molar-refractivity contribution in [3.8, 4) is 5.75 Å². The second-order valence-electron chi connectivity index (χ2n) is 4.43. The molecule has 0 amide bonds. The Morgan fingerprint density at radius 2 is 2.38 bits per heavy atom. The van der Waals surface area contributed by atoms with Gasteiger partial charge in [-0.25, -0.2) is 0 Å². The molecule has 0 fully saturated rings. The molecule has 1 aliphatic rings. The molecule has 0 saturated carbocycles. The zero-order chi connectivity index (χ0) is 11.5. The molecule has 1 N–H and O–H groups in total. The van der Waals surface area contributed by atoms with Gasteiger partial charge in [-0.3, -0.25) is 0 Å². The molecule has 0 bridgehead atoms. The first-order chi connectivity index (χ1) is 7.68. The Hall–Kier alpha value is -1.28. The molecule has 1 unspecified atom stereocenters. The van der Waals surface area contributed by atoms with Gasteiger partial charge in [0.2, 0.25) is 0 Å². The number of ether oxygens (including phenoxy) is 1. The van der Waals surface area contributed by atoms with E-state index in [1.165, 1.54) is 5.56 Å². The van der Waals surface area contributed by atoms with Crippen molar-refractivity contribution in [3.05, 3.63) is 41.5 Å². The highest BCUT2D eigenvalue weighted by Crippen LogP contribution is 2.36. The van der Waals surface area contributed by atoms with Gasteiger partial charge in [-0.2, -0.15) is 0 Å². The van der Waals surface area contributed by atoms with Gasteiger partial charge >= 0.3 is 0 Å². The summed E-state index contributed by atoms with van der Waals surface area (Å²) >= 11 is 0. The van der Waals surface area contributed by atoms with Crippen molar-refractivity contribution < 1.29 is 9.84 Å². The van der Waals surface area contributed by atoms with Crippen LogP contribution in [0.4, 0.5) is 0 Å². The highest BCUT2D eigenvalue weighted by Gasteiger charge is 2.22. The Morgan fingerprint density at radius 1 is 1.56 bits per heavy atom. The molecule has 16 heavy (non-hydrogen) atoms. The van der Waals surface area contributed by atoms with E-state index < -0.39 is 0 Å². The predicted octanol–water partition coefficient (Wildman–Crippen LogP) is 3.01. The van der Waals surface area contributed by atoms with E-state index >= 15 is 0 Å². The van der Waals surface area contributed by atoms with Crippen LogP contribution in [0, 0.1) is 0 Å². The summed E-state index contributed by atoms with van der Waals surface area (Å²) < 4.78 is 5.74. The van der Waals surface area contributed by atoms with Gasteiger partial charge in [-0.1, -0.05) is 17.7 Å². The van der Waals surface area contributed by atoms with Gasteiger partial charge in [0.25, 0.3) is 0 Å². The molecule has 0 saturated heterocycles. The van der Waals surface area contributed by atoms with Crippen molar-refractivity contribution in [2.24, 2.45) is 0 Å². The minimum Gasteiger partial charge on any atom is -0.493 e. The Balaban J connectivity index is 2.08. The minimum absolute atomic E-state index is 0.306. The van der Waals surface area contributed by atoms with E-state index in [1.54, 1.807) is 0 Å². The number of rotatable bonds is 4. The Labute approximate surface area is 96.6 Å². The number of fused-ring (bicyclic) bond motifs is 1. The van der Waals surface area contributed by atoms with E-state index in [-0.39, 0.29) is 6.10 Å². The third-order valence-electron chi connectivity index (χ3n) is 2.98. The minimum atomic E-state index is -0.306. The van der Waals surface area contributed by atoms with Gasteiger partial charge in [0.05, 0.1) is 12.7 Å². The van der Waals surface area contributed by atoms with Crippen molar-refractivity contribution in [2.75, 3.05) is 6.61 Å². The van der Waals surface area contributed by atoms with Crippen LogP contribution in [0.5, 0.6) is 5.75 Å². The molecule has 1 atom stereocenters. The summed E-state index contributed by atoms with van der Waals surface area (Å²) in [4.78, 5) is 0. The zero-order valence-corrected chi connectivity index (χ0v) is 9.70. The third-order valence-corrected chi connectivity index (χ3v) is 2.98. The van der Waals surface area contributed by atoms with Crippen molar-refractivity contribution >= 4 is 0 Å². The molecule has 86 valence electrons. The summed E-state index contributed by atoms with van der Waals surface area (Å²) in [6.07, 6.45) is 2.31. The molecular formula is C14H18O2. The second kappa shape index (κ2) is 4.71. The predicted molar refractivity (Wildman–Crippen MR) is 64.6 cm³/mol. The van der Waals surface area contributed by atoms with Gasteiger partial charge in [-0.05, 0) is 31.4 Å². The van der Waals surface area contributed by atoms with Gasteiger partial charge in [0.1, 0.15) is 5.75 Å². The molecule has 0 spiro atoms. The molecule has 2 heteroatoms. The topological polar surface area (TPSA) is 29.5 Å². The summed E-state index contributed by atoms with van der Waals surface area (Å²) in [7, 11) is 0. The largest absolute Gasteiger partial charge is 0.493 e. The van der Waals surface area contributed by atoms with Crippen LogP contribution in [0.25, 0.3) is 0 Å².